The van der Waals surface area contributed by atoms with E-state index >= 15 is 0 Å². The molecule has 2 aliphatic rings. The molecule has 2 fully saturated rings. The van der Waals surface area contributed by atoms with Crippen molar-refractivity contribution in [1.29, 1.82) is 0 Å². The summed E-state index contributed by atoms with van der Waals surface area (Å²) >= 11 is 5.09. The number of nitrogens with zero attached hydrogens (tertiary/aromatic N) is 2. The van der Waals surface area contributed by atoms with E-state index in [4.69, 9.17) is 26.8 Å². The first-order chi connectivity index (χ1) is 21.8. The first-order valence-electron chi connectivity index (χ1n) is 15.6. The van der Waals surface area contributed by atoms with Gasteiger partial charge in [0.05, 0.1) is 0 Å². The summed E-state index contributed by atoms with van der Waals surface area (Å²) in [6.07, 6.45) is 2.56. The molecule has 13 heteroatoms. The van der Waals surface area contributed by atoms with Gasteiger partial charge in [-0.05, 0) is 127 Å². The van der Waals surface area contributed by atoms with E-state index in [-0.39, 0.29) is 41.8 Å². The van der Waals surface area contributed by atoms with Gasteiger partial charge >= 0.3 is 12.2 Å². The number of piperidine rings is 2. The molecule has 47 heavy (non-hydrogen) atoms. The molecule has 0 aromatic heterocycles. The first-order valence-corrected chi connectivity index (χ1v) is 15.9. The third kappa shape index (κ3) is 15.6. The Morgan fingerprint density at radius 1 is 0.702 bits per heavy atom. The molecule has 260 valence electrons. The van der Waals surface area contributed by atoms with E-state index in [1.807, 2.05) is 41.5 Å². The van der Waals surface area contributed by atoms with Crippen LogP contribution in [0.5, 0.6) is 0 Å². The van der Waals surface area contributed by atoms with Gasteiger partial charge in [0.2, 0.25) is 0 Å². The Labute approximate surface area is 280 Å². The maximum absolute atomic E-state index is 12.9. The molecule has 10 nitrogen and oxygen atoms in total. The van der Waals surface area contributed by atoms with E-state index in [2.05, 4.69) is 5.32 Å². The zero-order chi connectivity index (χ0) is 35.4. The highest BCUT2D eigenvalue weighted by Gasteiger charge is 2.28. The van der Waals surface area contributed by atoms with Crippen molar-refractivity contribution in [1.82, 2.24) is 15.1 Å². The molecule has 2 aromatic carbocycles. The standard InChI is InChI=1S/C17H23FN2O3.C10H20N2O2.C7H4ClFO/c1-17(2,3)23-16(22)20-10-8-14(9-11-20)19-15(21)12-4-6-13(18)7-5-12;1-10(2,3)14-9(13)12-6-4-8(11)5-7-12;8-7(10)5-1-3-6(9)4-2-5/h4-7,14H,8-11H2,1-3H3,(H,19,21);8H,4-7,11H2,1-3H3;1-4H. The van der Waals surface area contributed by atoms with Crippen LogP contribution in [-0.4, -0.2) is 82.6 Å². The van der Waals surface area contributed by atoms with E-state index in [1.54, 1.807) is 9.80 Å². The Hall–Kier alpha value is -3.77. The quantitative estimate of drug-likeness (QED) is 0.354. The van der Waals surface area contributed by atoms with Gasteiger partial charge in [0.1, 0.15) is 22.8 Å². The van der Waals surface area contributed by atoms with Crippen molar-refractivity contribution in [2.75, 3.05) is 26.2 Å². The topological polar surface area (TPSA) is 131 Å². The molecule has 0 aliphatic carbocycles. The van der Waals surface area contributed by atoms with Gasteiger partial charge in [-0.3, -0.25) is 9.59 Å². The second-order valence-electron chi connectivity index (χ2n) is 13.3. The van der Waals surface area contributed by atoms with Crippen molar-refractivity contribution in [3.63, 3.8) is 0 Å². The largest absolute Gasteiger partial charge is 0.444 e. The fourth-order valence-electron chi connectivity index (χ4n) is 4.39. The Balaban J connectivity index is 0.000000271. The lowest BCUT2D eigenvalue weighted by Gasteiger charge is -2.33. The zero-order valence-electron chi connectivity index (χ0n) is 28.0. The predicted molar refractivity (Wildman–Crippen MR) is 176 cm³/mol. The molecule has 2 saturated heterocycles. The summed E-state index contributed by atoms with van der Waals surface area (Å²) < 4.78 is 35.7. The van der Waals surface area contributed by atoms with Crippen molar-refractivity contribution >= 4 is 34.9 Å². The van der Waals surface area contributed by atoms with Crippen LogP contribution in [-0.2, 0) is 9.47 Å². The lowest BCUT2D eigenvalue weighted by molar-refractivity contribution is 0.0191. The van der Waals surface area contributed by atoms with Crippen LogP contribution >= 0.6 is 11.6 Å². The van der Waals surface area contributed by atoms with Crippen LogP contribution in [0.3, 0.4) is 0 Å². The van der Waals surface area contributed by atoms with Gasteiger partial charge in [0.25, 0.3) is 11.1 Å². The number of hydrogen-bond acceptors (Lipinski definition) is 7. The number of ether oxygens (including phenoxy) is 2. The minimum atomic E-state index is -0.569. The molecule has 0 bridgehead atoms. The molecule has 3 N–H and O–H groups in total. The molecule has 2 aromatic rings. The summed E-state index contributed by atoms with van der Waals surface area (Å²) in [6.45, 7) is 13.7. The van der Waals surface area contributed by atoms with E-state index in [0.29, 0.717) is 37.1 Å². The fraction of sp³-hybridized carbons (Fsp3) is 0.529. The summed E-state index contributed by atoms with van der Waals surface area (Å²) in [6, 6.07) is 10.8. The van der Waals surface area contributed by atoms with Gasteiger partial charge in [-0.1, -0.05) is 0 Å². The number of carbonyl (C=O) groups is 4. The number of amides is 3. The maximum atomic E-state index is 12.9. The van der Waals surface area contributed by atoms with Gasteiger partial charge in [-0.15, -0.1) is 0 Å². The minimum absolute atomic E-state index is 0.00578. The summed E-state index contributed by atoms with van der Waals surface area (Å²) in [5, 5.41) is 2.35. The van der Waals surface area contributed by atoms with Gasteiger partial charge in [0, 0.05) is 49.4 Å². The number of nitrogens with one attached hydrogen (secondary N) is 1. The molecule has 4 rings (SSSR count). The van der Waals surface area contributed by atoms with E-state index in [1.165, 1.54) is 48.5 Å². The third-order valence-electron chi connectivity index (χ3n) is 6.85. The SMILES string of the molecule is CC(C)(C)OC(=O)N1CCC(N)CC1.CC(C)(C)OC(=O)N1CCC(NC(=O)c2ccc(F)cc2)CC1.O=C(Cl)c1ccc(F)cc1. The van der Waals surface area contributed by atoms with Gasteiger partial charge in [-0.25, -0.2) is 18.4 Å². The predicted octanol–water partition coefficient (Wildman–Crippen LogP) is 6.50. The van der Waals surface area contributed by atoms with Crippen molar-refractivity contribution < 1.29 is 37.4 Å². The molecule has 0 radical (unpaired) electrons. The molecule has 0 spiro atoms. The second kappa shape index (κ2) is 18.0. The average molecular weight is 681 g/mol. The number of nitrogens with two attached hydrogens (primary N) is 1. The Morgan fingerprint density at radius 3 is 1.43 bits per heavy atom. The van der Waals surface area contributed by atoms with Crippen LogP contribution in [0.4, 0.5) is 18.4 Å². The highest BCUT2D eigenvalue weighted by Crippen LogP contribution is 2.17. The number of hydrogen-bond donors (Lipinski definition) is 2. The number of carbonyl (C=O) groups excluding carboxylic acids is 4. The van der Waals surface area contributed by atoms with Crippen LogP contribution < -0.4 is 11.1 Å². The van der Waals surface area contributed by atoms with E-state index < -0.39 is 16.4 Å². The monoisotopic (exact) mass is 680 g/mol. The molecule has 2 heterocycles. The van der Waals surface area contributed by atoms with Gasteiger partial charge in [0.15, 0.2) is 0 Å². The molecular formula is C34H47ClF2N4O6. The lowest BCUT2D eigenvalue weighted by Crippen LogP contribution is -2.47. The van der Waals surface area contributed by atoms with E-state index in [9.17, 15) is 28.0 Å². The van der Waals surface area contributed by atoms with Gasteiger partial charge < -0.3 is 30.3 Å². The van der Waals surface area contributed by atoms with Crippen LogP contribution in [0, 0.1) is 11.6 Å². The maximum Gasteiger partial charge on any atom is 0.410 e. The molecule has 0 unspecified atom stereocenters. The molecule has 0 atom stereocenters. The van der Waals surface area contributed by atoms with Crippen molar-refractivity contribution in [2.45, 2.75) is 90.5 Å². The van der Waals surface area contributed by atoms with E-state index in [0.717, 1.165) is 25.9 Å². The van der Waals surface area contributed by atoms with Crippen molar-refractivity contribution in [2.24, 2.45) is 5.73 Å². The molecule has 2 aliphatic heterocycles. The second-order valence-corrected chi connectivity index (χ2v) is 13.7. The summed E-state index contributed by atoms with van der Waals surface area (Å²) in [7, 11) is 0. The fourth-order valence-corrected chi connectivity index (χ4v) is 4.52. The van der Waals surface area contributed by atoms with Crippen LogP contribution in [0.25, 0.3) is 0 Å². The summed E-state index contributed by atoms with van der Waals surface area (Å²) in [5.41, 5.74) is 5.57. The van der Waals surface area contributed by atoms with Crippen LogP contribution in [0.15, 0.2) is 48.5 Å². The van der Waals surface area contributed by atoms with Crippen molar-refractivity contribution in [3.05, 3.63) is 71.3 Å². The first kappa shape index (κ1) is 39.4. The number of rotatable bonds is 3. The number of benzene rings is 2. The van der Waals surface area contributed by atoms with Crippen LogP contribution in [0.2, 0.25) is 0 Å². The molecular weight excluding hydrogens is 634 g/mol. The highest BCUT2D eigenvalue weighted by atomic mass is 35.5. The highest BCUT2D eigenvalue weighted by molar-refractivity contribution is 6.67. The minimum Gasteiger partial charge on any atom is -0.444 e. The van der Waals surface area contributed by atoms with Crippen molar-refractivity contribution in [3.8, 4) is 0 Å². The Kier molecular flexibility index (Phi) is 15.1. The zero-order valence-corrected chi connectivity index (χ0v) is 28.7. The lowest BCUT2D eigenvalue weighted by atomic mass is 10.0. The molecule has 3 amide bonds. The number of halogens is 3. The Morgan fingerprint density at radius 2 is 1.06 bits per heavy atom. The summed E-state index contributed by atoms with van der Waals surface area (Å²) in [5.74, 6) is -0.963. The smallest absolute Gasteiger partial charge is 0.410 e. The third-order valence-corrected chi connectivity index (χ3v) is 7.07. The van der Waals surface area contributed by atoms with Gasteiger partial charge in [-0.2, -0.15) is 0 Å². The van der Waals surface area contributed by atoms with Crippen LogP contribution in [0.1, 0.15) is 87.9 Å². The Bertz CT molecular complexity index is 1310. The number of likely N-dealkylation sites (tertiary alicyclic amines) is 2. The molecule has 0 saturated carbocycles. The summed E-state index contributed by atoms with van der Waals surface area (Å²) in [4.78, 5) is 49.4. The average Bonchev–Trinajstić information content (AvgIpc) is 2.97. The normalized spacial score (nSPS) is 15.7.